The minimum atomic E-state index is -0.437. The summed E-state index contributed by atoms with van der Waals surface area (Å²) >= 11 is 0. The van der Waals surface area contributed by atoms with E-state index >= 15 is 0 Å². The number of carbonyl (C=O) groups is 1. The summed E-state index contributed by atoms with van der Waals surface area (Å²) in [6, 6.07) is 25.2. The minimum absolute atomic E-state index is 0.137. The van der Waals surface area contributed by atoms with Gasteiger partial charge in [0.2, 0.25) is 0 Å². The van der Waals surface area contributed by atoms with Crippen LogP contribution in [0, 0.1) is 12.3 Å². The molecule has 0 aliphatic rings. The molecule has 0 saturated carbocycles. The molecule has 5 rings (SSSR count). The van der Waals surface area contributed by atoms with E-state index in [1.54, 1.807) is 12.3 Å². The molecule has 1 amide bonds. The van der Waals surface area contributed by atoms with Gasteiger partial charge in [0.1, 0.15) is 17.9 Å². The fourth-order valence-corrected chi connectivity index (χ4v) is 3.77. The van der Waals surface area contributed by atoms with Crippen molar-refractivity contribution >= 4 is 44.6 Å². The second-order valence-corrected chi connectivity index (χ2v) is 7.20. The Morgan fingerprint density at radius 1 is 0.969 bits per heavy atom. The summed E-state index contributed by atoms with van der Waals surface area (Å²) in [6.45, 7) is 0.137. The summed E-state index contributed by atoms with van der Waals surface area (Å²) in [4.78, 5) is 12.7. The molecule has 1 heterocycles. The fourth-order valence-electron chi connectivity index (χ4n) is 3.77. The van der Waals surface area contributed by atoms with E-state index in [4.69, 9.17) is 15.6 Å². The molecule has 1 N–H and O–H groups in total. The SMILES string of the molecule is C#CCOc1ccc2ccccc2c1/C=N/NC(=O)c1cc2c(ccc3ccccc32)o1. The van der Waals surface area contributed by atoms with Gasteiger partial charge < -0.3 is 9.15 Å². The summed E-state index contributed by atoms with van der Waals surface area (Å²) < 4.78 is 11.4. The number of nitrogens with zero attached hydrogens (tertiary/aromatic N) is 1. The van der Waals surface area contributed by atoms with Crippen molar-refractivity contribution in [2.45, 2.75) is 0 Å². The van der Waals surface area contributed by atoms with E-state index in [0.29, 0.717) is 11.3 Å². The number of furan rings is 1. The molecule has 154 valence electrons. The highest BCUT2D eigenvalue weighted by atomic mass is 16.5. The van der Waals surface area contributed by atoms with Crippen molar-refractivity contribution in [2.75, 3.05) is 6.61 Å². The molecule has 0 aliphatic heterocycles. The molecular weight excluding hydrogens is 400 g/mol. The standard InChI is InChI=1S/C27H18N2O3/c1-2-15-31-24-13-11-19-8-4-6-10-21(19)23(24)17-28-29-27(30)26-16-22-20-9-5-3-7-18(20)12-14-25(22)32-26/h1,3-14,16-17H,15H2,(H,29,30)/b28-17+. The maximum atomic E-state index is 12.7. The Balaban J connectivity index is 1.44. The van der Waals surface area contributed by atoms with Crippen LogP contribution in [0.15, 0.2) is 88.4 Å². The van der Waals surface area contributed by atoms with Crippen molar-refractivity contribution in [1.29, 1.82) is 0 Å². The second-order valence-electron chi connectivity index (χ2n) is 7.20. The predicted octanol–water partition coefficient (Wildman–Crippen LogP) is 5.52. The number of benzene rings is 4. The van der Waals surface area contributed by atoms with E-state index in [1.807, 2.05) is 72.8 Å². The van der Waals surface area contributed by atoms with Crippen LogP contribution >= 0.6 is 0 Å². The number of nitrogens with one attached hydrogen (secondary N) is 1. The van der Waals surface area contributed by atoms with Crippen LogP contribution < -0.4 is 10.2 Å². The third-order valence-corrected chi connectivity index (χ3v) is 5.25. The summed E-state index contributed by atoms with van der Waals surface area (Å²) in [7, 11) is 0. The first-order valence-electron chi connectivity index (χ1n) is 10.1. The van der Waals surface area contributed by atoms with Gasteiger partial charge in [-0.2, -0.15) is 5.10 Å². The van der Waals surface area contributed by atoms with Crippen molar-refractivity contribution in [1.82, 2.24) is 5.43 Å². The zero-order valence-corrected chi connectivity index (χ0v) is 17.0. The maximum Gasteiger partial charge on any atom is 0.307 e. The summed E-state index contributed by atoms with van der Waals surface area (Å²) in [5, 5.41) is 9.12. The van der Waals surface area contributed by atoms with Crippen molar-refractivity contribution in [2.24, 2.45) is 5.10 Å². The van der Waals surface area contributed by atoms with Crippen LogP contribution in [0.1, 0.15) is 16.1 Å². The molecule has 0 unspecified atom stereocenters. The molecule has 4 aromatic carbocycles. The Kier molecular flexibility index (Phi) is 5.03. The van der Waals surface area contributed by atoms with E-state index in [0.717, 1.165) is 32.5 Å². The predicted molar refractivity (Wildman–Crippen MR) is 127 cm³/mol. The molecule has 1 aromatic heterocycles. The van der Waals surface area contributed by atoms with Gasteiger partial charge in [-0.25, -0.2) is 5.43 Å². The number of carbonyl (C=O) groups excluding carboxylic acids is 1. The largest absolute Gasteiger partial charge is 0.480 e. The summed E-state index contributed by atoms with van der Waals surface area (Å²) in [5.74, 6) is 2.81. The molecular formula is C27H18N2O3. The van der Waals surface area contributed by atoms with Crippen molar-refractivity contribution in [3.8, 4) is 18.1 Å². The lowest BCUT2D eigenvalue weighted by Gasteiger charge is -2.09. The number of hydrogen-bond donors (Lipinski definition) is 1. The number of terminal acetylenes is 1. The molecule has 5 nitrogen and oxygen atoms in total. The van der Waals surface area contributed by atoms with Gasteiger partial charge in [-0.1, -0.05) is 66.6 Å². The monoisotopic (exact) mass is 418 g/mol. The number of ether oxygens (including phenoxy) is 1. The lowest BCUT2D eigenvalue weighted by atomic mass is 10.0. The molecule has 32 heavy (non-hydrogen) atoms. The first-order chi connectivity index (χ1) is 15.7. The number of amides is 1. The summed E-state index contributed by atoms with van der Waals surface area (Å²) in [5.41, 5.74) is 3.93. The van der Waals surface area contributed by atoms with Gasteiger partial charge in [0.15, 0.2) is 5.76 Å². The van der Waals surface area contributed by atoms with Crippen LogP contribution in [0.4, 0.5) is 0 Å². The fraction of sp³-hybridized carbons (Fsp3) is 0.0370. The average molecular weight is 418 g/mol. The van der Waals surface area contributed by atoms with Gasteiger partial charge in [-0.05, 0) is 39.7 Å². The first-order valence-corrected chi connectivity index (χ1v) is 10.1. The van der Waals surface area contributed by atoms with Crippen LogP contribution in [0.3, 0.4) is 0 Å². The van der Waals surface area contributed by atoms with Gasteiger partial charge in [0.25, 0.3) is 0 Å². The Bertz CT molecular complexity index is 1540. The highest BCUT2D eigenvalue weighted by molar-refractivity contribution is 6.09. The molecule has 5 heteroatoms. The summed E-state index contributed by atoms with van der Waals surface area (Å²) in [6.07, 6.45) is 6.89. The van der Waals surface area contributed by atoms with E-state index < -0.39 is 5.91 Å². The lowest BCUT2D eigenvalue weighted by Crippen LogP contribution is -2.16. The molecule has 0 bridgehead atoms. The molecule has 0 aliphatic carbocycles. The third kappa shape index (κ3) is 3.55. The zero-order valence-electron chi connectivity index (χ0n) is 17.0. The normalized spacial score (nSPS) is 11.2. The topological polar surface area (TPSA) is 63.8 Å². The molecule has 0 atom stereocenters. The van der Waals surface area contributed by atoms with E-state index in [1.165, 1.54) is 0 Å². The number of hydrazone groups is 1. The van der Waals surface area contributed by atoms with Gasteiger partial charge in [-0.15, -0.1) is 6.42 Å². The molecule has 0 fully saturated rings. The van der Waals surface area contributed by atoms with Crippen LogP contribution in [-0.4, -0.2) is 18.7 Å². The van der Waals surface area contributed by atoms with E-state index in [9.17, 15) is 4.79 Å². The Morgan fingerprint density at radius 2 is 1.69 bits per heavy atom. The quantitative estimate of drug-likeness (QED) is 0.232. The first kappa shape index (κ1) is 19.4. The number of rotatable bonds is 5. The van der Waals surface area contributed by atoms with Crippen LogP contribution in [0.5, 0.6) is 5.75 Å². The highest BCUT2D eigenvalue weighted by Gasteiger charge is 2.14. The Labute approximate surface area is 184 Å². The number of hydrogen-bond acceptors (Lipinski definition) is 4. The average Bonchev–Trinajstić information content (AvgIpc) is 3.28. The van der Waals surface area contributed by atoms with Gasteiger partial charge in [0, 0.05) is 10.9 Å². The highest BCUT2D eigenvalue weighted by Crippen LogP contribution is 2.29. The molecule has 5 aromatic rings. The van der Waals surface area contributed by atoms with Crippen LogP contribution in [-0.2, 0) is 0 Å². The van der Waals surface area contributed by atoms with Crippen molar-refractivity contribution in [3.63, 3.8) is 0 Å². The number of fused-ring (bicyclic) bond motifs is 4. The molecule has 0 spiro atoms. The zero-order chi connectivity index (χ0) is 21.9. The minimum Gasteiger partial charge on any atom is -0.480 e. The van der Waals surface area contributed by atoms with Gasteiger partial charge in [-0.3, -0.25) is 4.79 Å². The van der Waals surface area contributed by atoms with Gasteiger partial charge in [0.05, 0.1) is 6.21 Å². The Morgan fingerprint density at radius 3 is 2.50 bits per heavy atom. The Hall–Kier alpha value is -4.56. The third-order valence-electron chi connectivity index (χ3n) is 5.25. The van der Waals surface area contributed by atoms with E-state index in [-0.39, 0.29) is 12.4 Å². The lowest BCUT2D eigenvalue weighted by molar-refractivity contribution is 0.0929. The van der Waals surface area contributed by atoms with Gasteiger partial charge >= 0.3 is 5.91 Å². The second kappa shape index (κ2) is 8.29. The van der Waals surface area contributed by atoms with Crippen molar-refractivity contribution < 1.29 is 13.9 Å². The maximum absolute atomic E-state index is 12.7. The van der Waals surface area contributed by atoms with Crippen LogP contribution in [0.2, 0.25) is 0 Å². The molecule has 0 saturated heterocycles. The van der Waals surface area contributed by atoms with Crippen LogP contribution in [0.25, 0.3) is 32.5 Å². The smallest absolute Gasteiger partial charge is 0.307 e. The molecule has 0 radical (unpaired) electrons. The van der Waals surface area contributed by atoms with Crippen molar-refractivity contribution in [3.05, 3.63) is 90.2 Å². The van der Waals surface area contributed by atoms with E-state index in [2.05, 4.69) is 16.4 Å².